The summed E-state index contributed by atoms with van der Waals surface area (Å²) in [4.78, 5) is 23.1. The number of ether oxygens (including phenoxy) is 2. The van der Waals surface area contributed by atoms with Gasteiger partial charge in [-0.25, -0.2) is 4.79 Å². The van der Waals surface area contributed by atoms with Gasteiger partial charge in [0.15, 0.2) is 0 Å². The number of carbonyl (C=O) groups is 2. The van der Waals surface area contributed by atoms with E-state index in [0.717, 1.165) is 0 Å². The van der Waals surface area contributed by atoms with Crippen molar-refractivity contribution in [2.75, 3.05) is 20.3 Å². The van der Waals surface area contributed by atoms with E-state index in [-0.39, 0.29) is 24.7 Å². The monoisotopic (exact) mass is 240 g/mol. The van der Waals surface area contributed by atoms with Crippen molar-refractivity contribution in [1.82, 2.24) is 5.32 Å². The lowest BCUT2D eigenvalue weighted by Gasteiger charge is -2.17. The number of hydrogen-bond acceptors (Lipinski definition) is 5. The molecule has 6 heteroatoms. The van der Waals surface area contributed by atoms with Crippen molar-refractivity contribution in [3.05, 3.63) is 0 Å². The molecule has 0 unspecified atom stereocenters. The van der Waals surface area contributed by atoms with Crippen LogP contribution in [0.3, 0.4) is 0 Å². The molecule has 17 heavy (non-hydrogen) atoms. The Morgan fingerprint density at radius 2 is 2.41 bits per heavy atom. The Hall–Kier alpha value is -1.61. The van der Waals surface area contributed by atoms with Crippen LogP contribution in [0.15, 0.2) is 0 Å². The van der Waals surface area contributed by atoms with Crippen LogP contribution in [0, 0.1) is 17.2 Å². The molecule has 0 bridgehead atoms. The fourth-order valence-corrected chi connectivity index (χ4v) is 1.63. The summed E-state index contributed by atoms with van der Waals surface area (Å²) in [6.45, 7) is 0.956. The van der Waals surface area contributed by atoms with E-state index in [4.69, 9.17) is 10.00 Å². The molecule has 0 aromatic rings. The highest BCUT2D eigenvalue weighted by atomic mass is 16.5. The summed E-state index contributed by atoms with van der Waals surface area (Å²) in [7, 11) is 1.26. The Morgan fingerprint density at radius 1 is 1.65 bits per heavy atom. The average molecular weight is 240 g/mol. The average Bonchev–Trinajstić information content (AvgIpc) is 2.87. The number of esters is 1. The Balaban J connectivity index is 2.49. The molecular weight excluding hydrogens is 224 g/mol. The van der Waals surface area contributed by atoms with Crippen molar-refractivity contribution in [2.24, 2.45) is 5.92 Å². The molecule has 0 saturated carbocycles. The van der Waals surface area contributed by atoms with Crippen LogP contribution in [0.2, 0.25) is 0 Å². The third-order valence-electron chi connectivity index (χ3n) is 2.65. The first kappa shape index (κ1) is 13.5. The molecule has 0 aromatic heterocycles. The van der Waals surface area contributed by atoms with Crippen molar-refractivity contribution < 1.29 is 19.1 Å². The molecule has 1 heterocycles. The second-order valence-corrected chi connectivity index (χ2v) is 3.84. The fraction of sp³-hybridized carbons (Fsp3) is 0.727. The number of nitrogens with zero attached hydrogens (tertiary/aromatic N) is 1. The molecule has 1 rings (SSSR count). The number of nitriles is 1. The lowest BCUT2D eigenvalue weighted by atomic mass is 10.1. The van der Waals surface area contributed by atoms with Gasteiger partial charge in [0.2, 0.25) is 5.91 Å². The molecule has 0 aromatic carbocycles. The molecular formula is C11H16N2O4. The highest BCUT2D eigenvalue weighted by molar-refractivity contribution is 5.85. The van der Waals surface area contributed by atoms with Gasteiger partial charge in [-0.05, 0) is 12.8 Å². The number of nitrogens with one attached hydrogen (secondary N) is 1. The largest absolute Gasteiger partial charge is 0.467 e. The van der Waals surface area contributed by atoms with E-state index in [0.29, 0.717) is 19.6 Å². The predicted molar refractivity (Wildman–Crippen MR) is 57.7 cm³/mol. The second kappa shape index (κ2) is 6.86. The van der Waals surface area contributed by atoms with Gasteiger partial charge < -0.3 is 14.8 Å². The number of amides is 1. The predicted octanol–water partition coefficient (Wildman–Crippen LogP) is -0.0155. The van der Waals surface area contributed by atoms with E-state index in [1.807, 2.05) is 6.07 Å². The molecule has 0 aliphatic carbocycles. The van der Waals surface area contributed by atoms with Gasteiger partial charge in [-0.15, -0.1) is 0 Å². The molecule has 0 radical (unpaired) electrons. The highest BCUT2D eigenvalue weighted by Gasteiger charge is 2.28. The number of rotatable bonds is 5. The first-order valence-corrected chi connectivity index (χ1v) is 5.52. The van der Waals surface area contributed by atoms with Gasteiger partial charge in [0, 0.05) is 13.0 Å². The van der Waals surface area contributed by atoms with Gasteiger partial charge in [-0.2, -0.15) is 5.26 Å². The van der Waals surface area contributed by atoms with Crippen LogP contribution in [0.1, 0.15) is 19.3 Å². The van der Waals surface area contributed by atoms with Gasteiger partial charge in [0.05, 0.1) is 25.7 Å². The zero-order chi connectivity index (χ0) is 12.7. The van der Waals surface area contributed by atoms with Crippen LogP contribution in [0.4, 0.5) is 0 Å². The summed E-state index contributed by atoms with van der Waals surface area (Å²) in [5.74, 6) is -0.937. The molecule has 2 atom stereocenters. The topological polar surface area (TPSA) is 88.4 Å². The smallest absolute Gasteiger partial charge is 0.328 e. The van der Waals surface area contributed by atoms with Crippen molar-refractivity contribution >= 4 is 11.9 Å². The SMILES string of the molecule is COC(=O)[C@@H](CCC#N)NC(=O)[C@H]1CCOC1. The highest BCUT2D eigenvalue weighted by Crippen LogP contribution is 2.13. The standard InChI is InChI=1S/C11H16N2O4/c1-16-11(15)9(3-2-5-12)13-10(14)8-4-6-17-7-8/h8-9H,2-4,6-7H2,1H3,(H,13,14)/t8-,9+/m0/s1. The summed E-state index contributed by atoms with van der Waals surface area (Å²) in [6, 6.07) is 1.19. The summed E-state index contributed by atoms with van der Waals surface area (Å²) in [6.07, 6.45) is 1.13. The van der Waals surface area contributed by atoms with E-state index < -0.39 is 12.0 Å². The van der Waals surface area contributed by atoms with Crippen LogP contribution < -0.4 is 5.32 Å². The van der Waals surface area contributed by atoms with Crippen LogP contribution >= 0.6 is 0 Å². The summed E-state index contributed by atoms with van der Waals surface area (Å²) in [5, 5.41) is 11.1. The Labute approximate surface area is 99.9 Å². The lowest BCUT2D eigenvalue weighted by molar-refractivity contribution is -0.145. The molecule has 1 amide bonds. The number of methoxy groups -OCH3 is 1. The zero-order valence-electron chi connectivity index (χ0n) is 9.77. The van der Waals surface area contributed by atoms with Crippen LogP contribution in [-0.2, 0) is 19.1 Å². The third kappa shape index (κ3) is 4.04. The normalized spacial score (nSPS) is 20.4. The fourth-order valence-electron chi connectivity index (χ4n) is 1.63. The lowest BCUT2D eigenvalue weighted by Crippen LogP contribution is -2.44. The van der Waals surface area contributed by atoms with E-state index >= 15 is 0 Å². The maximum Gasteiger partial charge on any atom is 0.328 e. The summed E-state index contributed by atoms with van der Waals surface area (Å²) < 4.78 is 9.68. The Bertz CT molecular complexity index is 318. The second-order valence-electron chi connectivity index (χ2n) is 3.84. The minimum absolute atomic E-state index is 0.196. The minimum atomic E-state index is -0.743. The van der Waals surface area contributed by atoms with Gasteiger partial charge in [-0.1, -0.05) is 0 Å². The van der Waals surface area contributed by atoms with E-state index in [1.165, 1.54) is 7.11 Å². The quantitative estimate of drug-likeness (QED) is 0.682. The maximum atomic E-state index is 11.8. The van der Waals surface area contributed by atoms with Crippen LogP contribution in [-0.4, -0.2) is 38.2 Å². The summed E-state index contributed by atoms with van der Waals surface area (Å²) in [5.41, 5.74) is 0. The van der Waals surface area contributed by atoms with Crippen molar-refractivity contribution in [3.63, 3.8) is 0 Å². The zero-order valence-corrected chi connectivity index (χ0v) is 9.77. The molecule has 1 saturated heterocycles. The minimum Gasteiger partial charge on any atom is -0.467 e. The van der Waals surface area contributed by atoms with Crippen molar-refractivity contribution in [3.8, 4) is 6.07 Å². The molecule has 6 nitrogen and oxygen atoms in total. The van der Waals surface area contributed by atoms with Crippen LogP contribution in [0.5, 0.6) is 0 Å². The number of carbonyl (C=O) groups excluding carboxylic acids is 2. The van der Waals surface area contributed by atoms with E-state index in [1.54, 1.807) is 0 Å². The Kier molecular flexibility index (Phi) is 5.43. The van der Waals surface area contributed by atoms with Crippen molar-refractivity contribution in [2.45, 2.75) is 25.3 Å². The summed E-state index contributed by atoms with van der Waals surface area (Å²) >= 11 is 0. The molecule has 94 valence electrons. The first-order chi connectivity index (χ1) is 8.19. The van der Waals surface area contributed by atoms with Crippen LogP contribution in [0.25, 0.3) is 0 Å². The molecule has 1 fully saturated rings. The third-order valence-corrected chi connectivity index (χ3v) is 2.65. The first-order valence-electron chi connectivity index (χ1n) is 5.52. The molecule has 1 aliphatic rings. The maximum absolute atomic E-state index is 11.8. The Morgan fingerprint density at radius 3 is 2.94 bits per heavy atom. The molecule has 1 N–H and O–H groups in total. The van der Waals surface area contributed by atoms with E-state index in [9.17, 15) is 9.59 Å². The van der Waals surface area contributed by atoms with E-state index in [2.05, 4.69) is 10.1 Å². The van der Waals surface area contributed by atoms with Gasteiger partial charge in [0.25, 0.3) is 0 Å². The van der Waals surface area contributed by atoms with Gasteiger partial charge in [-0.3, -0.25) is 4.79 Å². The van der Waals surface area contributed by atoms with Gasteiger partial charge in [0.1, 0.15) is 6.04 Å². The van der Waals surface area contributed by atoms with Crippen molar-refractivity contribution in [1.29, 1.82) is 5.26 Å². The molecule has 1 aliphatic heterocycles. The number of hydrogen-bond donors (Lipinski definition) is 1. The molecule has 0 spiro atoms. The van der Waals surface area contributed by atoms with Gasteiger partial charge >= 0.3 is 5.97 Å².